The second kappa shape index (κ2) is 4.53. The number of nitrogens with two attached hydrogens (primary N) is 1. The highest BCUT2D eigenvalue weighted by atomic mass is 16.5. The number of hydrogen-bond acceptors (Lipinski definition) is 3. The van der Waals surface area contributed by atoms with E-state index in [1.165, 1.54) is 0 Å². The molecule has 1 atom stereocenters. The van der Waals surface area contributed by atoms with Crippen LogP contribution in [-0.2, 0) is 6.42 Å². The standard InChI is InChI=1S/C12H17NO2/c1-2-14-11-5-3-4-9-8-10(13)6-7-15-12(9)11/h3-5,10H,2,6-8,13H2,1H3. The first kappa shape index (κ1) is 10.3. The third-order valence-corrected chi connectivity index (χ3v) is 2.58. The van der Waals surface area contributed by atoms with Gasteiger partial charge in [-0.3, -0.25) is 0 Å². The second-order valence-electron chi connectivity index (χ2n) is 3.78. The molecular weight excluding hydrogens is 190 g/mol. The van der Waals surface area contributed by atoms with E-state index in [2.05, 4.69) is 6.07 Å². The van der Waals surface area contributed by atoms with Crippen LogP contribution in [0.2, 0.25) is 0 Å². The fourth-order valence-corrected chi connectivity index (χ4v) is 1.85. The molecule has 0 saturated carbocycles. The van der Waals surface area contributed by atoms with Crippen LogP contribution in [0.25, 0.3) is 0 Å². The number of rotatable bonds is 2. The van der Waals surface area contributed by atoms with Crippen molar-refractivity contribution >= 4 is 0 Å². The third kappa shape index (κ3) is 2.23. The van der Waals surface area contributed by atoms with Gasteiger partial charge >= 0.3 is 0 Å². The lowest BCUT2D eigenvalue weighted by atomic mass is 10.0. The van der Waals surface area contributed by atoms with Gasteiger partial charge in [-0.1, -0.05) is 12.1 Å². The molecule has 0 spiro atoms. The number of ether oxygens (including phenoxy) is 2. The predicted octanol–water partition coefficient (Wildman–Crippen LogP) is 1.74. The van der Waals surface area contributed by atoms with Crippen molar-refractivity contribution < 1.29 is 9.47 Å². The van der Waals surface area contributed by atoms with Gasteiger partial charge in [0.1, 0.15) is 0 Å². The van der Waals surface area contributed by atoms with Crippen LogP contribution in [0.3, 0.4) is 0 Å². The Kier molecular flexibility index (Phi) is 3.11. The van der Waals surface area contributed by atoms with E-state index in [1.807, 2.05) is 19.1 Å². The minimum Gasteiger partial charge on any atom is -0.490 e. The largest absolute Gasteiger partial charge is 0.490 e. The molecule has 15 heavy (non-hydrogen) atoms. The average molecular weight is 207 g/mol. The molecule has 1 unspecified atom stereocenters. The lowest BCUT2D eigenvalue weighted by molar-refractivity contribution is 0.274. The minimum absolute atomic E-state index is 0.197. The van der Waals surface area contributed by atoms with Crippen LogP contribution >= 0.6 is 0 Å². The summed E-state index contributed by atoms with van der Waals surface area (Å²) in [5.41, 5.74) is 7.11. The van der Waals surface area contributed by atoms with Crippen molar-refractivity contribution in [2.45, 2.75) is 25.8 Å². The maximum atomic E-state index is 5.95. The van der Waals surface area contributed by atoms with Crippen LogP contribution in [0.1, 0.15) is 18.9 Å². The fraction of sp³-hybridized carbons (Fsp3) is 0.500. The molecule has 0 bridgehead atoms. The molecule has 0 aromatic heterocycles. The van der Waals surface area contributed by atoms with Crippen molar-refractivity contribution in [1.82, 2.24) is 0 Å². The predicted molar refractivity (Wildman–Crippen MR) is 59.4 cm³/mol. The summed E-state index contributed by atoms with van der Waals surface area (Å²) in [7, 11) is 0. The molecule has 82 valence electrons. The maximum Gasteiger partial charge on any atom is 0.164 e. The highest BCUT2D eigenvalue weighted by Gasteiger charge is 2.17. The van der Waals surface area contributed by atoms with Crippen LogP contribution in [0, 0.1) is 0 Å². The zero-order valence-corrected chi connectivity index (χ0v) is 9.03. The summed E-state index contributed by atoms with van der Waals surface area (Å²) in [5, 5.41) is 0. The summed E-state index contributed by atoms with van der Waals surface area (Å²) >= 11 is 0. The molecule has 0 saturated heterocycles. The Morgan fingerprint density at radius 1 is 1.53 bits per heavy atom. The maximum absolute atomic E-state index is 5.95. The Balaban J connectivity index is 2.32. The zero-order valence-electron chi connectivity index (χ0n) is 9.03. The van der Waals surface area contributed by atoms with Crippen molar-refractivity contribution in [3.8, 4) is 11.5 Å². The Bertz CT molecular complexity index is 338. The third-order valence-electron chi connectivity index (χ3n) is 2.58. The van der Waals surface area contributed by atoms with Crippen LogP contribution in [0.4, 0.5) is 0 Å². The Morgan fingerprint density at radius 2 is 2.40 bits per heavy atom. The molecule has 1 aromatic carbocycles. The second-order valence-corrected chi connectivity index (χ2v) is 3.78. The van der Waals surface area contributed by atoms with Gasteiger partial charge in [0.25, 0.3) is 0 Å². The molecule has 3 nitrogen and oxygen atoms in total. The summed E-state index contributed by atoms with van der Waals surface area (Å²) in [5.74, 6) is 1.72. The topological polar surface area (TPSA) is 44.5 Å². The van der Waals surface area contributed by atoms with E-state index in [0.717, 1.165) is 29.9 Å². The Labute approximate surface area is 90.2 Å². The highest BCUT2D eigenvalue weighted by molar-refractivity contribution is 5.47. The summed E-state index contributed by atoms with van der Waals surface area (Å²) in [6, 6.07) is 6.19. The first-order chi connectivity index (χ1) is 7.31. The molecule has 1 aromatic rings. The molecule has 0 radical (unpaired) electrons. The van der Waals surface area contributed by atoms with E-state index in [4.69, 9.17) is 15.2 Å². The van der Waals surface area contributed by atoms with E-state index >= 15 is 0 Å². The first-order valence-electron chi connectivity index (χ1n) is 5.44. The lowest BCUT2D eigenvalue weighted by Crippen LogP contribution is -2.22. The van der Waals surface area contributed by atoms with Crippen molar-refractivity contribution in [3.63, 3.8) is 0 Å². The van der Waals surface area contributed by atoms with Gasteiger partial charge in [0.05, 0.1) is 13.2 Å². The molecule has 2 rings (SSSR count). The average Bonchev–Trinajstić information content (AvgIpc) is 2.40. The number of hydrogen-bond donors (Lipinski definition) is 1. The van der Waals surface area contributed by atoms with Crippen molar-refractivity contribution in [2.75, 3.05) is 13.2 Å². The normalized spacial score (nSPS) is 20.0. The van der Waals surface area contributed by atoms with Crippen molar-refractivity contribution in [3.05, 3.63) is 23.8 Å². The summed E-state index contributed by atoms with van der Waals surface area (Å²) in [4.78, 5) is 0. The zero-order chi connectivity index (χ0) is 10.7. The van der Waals surface area contributed by atoms with E-state index in [9.17, 15) is 0 Å². The van der Waals surface area contributed by atoms with E-state index < -0.39 is 0 Å². The Morgan fingerprint density at radius 3 is 3.20 bits per heavy atom. The van der Waals surface area contributed by atoms with Gasteiger partial charge in [0.2, 0.25) is 0 Å². The Hall–Kier alpha value is -1.22. The van der Waals surface area contributed by atoms with E-state index in [0.29, 0.717) is 13.2 Å². The monoisotopic (exact) mass is 207 g/mol. The van der Waals surface area contributed by atoms with Crippen molar-refractivity contribution in [2.24, 2.45) is 5.73 Å². The smallest absolute Gasteiger partial charge is 0.164 e. The van der Waals surface area contributed by atoms with E-state index in [1.54, 1.807) is 0 Å². The van der Waals surface area contributed by atoms with Crippen LogP contribution < -0.4 is 15.2 Å². The summed E-state index contributed by atoms with van der Waals surface area (Å²) in [6.45, 7) is 3.31. The number of fused-ring (bicyclic) bond motifs is 1. The van der Waals surface area contributed by atoms with Gasteiger partial charge < -0.3 is 15.2 Å². The molecular formula is C12H17NO2. The molecule has 1 aliphatic rings. The van der Waals surface area contributed by atoms with Gasteiger partial charge in [0, 0.05) is 6.04 Å². The van der Waals surface area contributed by atoms with Gasteiger partial charge in [-0.2, -0.15) is 0 Å². The molecule has 2 N–H and O–H groups in total. The van der Waals surface area contributed by atoms with E-state index in [-0.39, 0.29) is 6.04 Å². The van der Waals surface area contributed by atoms with Gasteiger partial charge in [-0.25, -0.2) is 0 Å². The van der Waals surface area contributed by atoms with Gasteiger partial charge in [-0.15, -0.1) is 0 Å². The number of para-hydroxylation sites is 1. The van der Waals surface area contributed by atoms with Crippen molar-refractivity contribution in [1.29, 1.82) is 0 Å². The highest BCUT2D eigenvalue weighted by Crippen LogP contribution is 2.33. The van der Waals surface area contributed by atoms with Crippen LogP contribution in [0.15, 0.2) is 18.2 Å². The van der Waals surface area contributed by atoms with Crippen LogP contribution in [0.5, 0.6) is 11.5 Å². The molecule has 0 fully saturated rings. The van der Waals surface area contributed by atoms with Crippen LogP contribution in [-0.4, -0.2) is 19.3 Å². The lowest BCUT2D eigenvalue weighted by Gasteiger charge is -2.12. The SMILES string of the molecule is CCOc1cccc2c1OCCC(N)C2. The van der Waals surface area contributed by atoms with Gasteiger partial charge in [-0.05, 0) is 31.4 Å². The molecule has 0 amide bonds. The van der Waals surface area contributed by atoms with Gasteiger partial charge in [0.15, 0.2) is 11.5 Å². The number of benzene rings is 1. The summed E-state index contributed by atoms with van der Waals surface area (Å²) in [6.07, 6.45) is 1.77. The molecule has 3 heteroatoms. The molecule has 1 aliphatic heterocycles. The molecule has 0 aliphatic carbocycles. The first-order valence-corrected chi connectivity index (χ1v) is 5.44. The molecule has 1 heterocycles. The quantitative estimate of drug-likeness (QED) is 0.803. The summed E-state index contributed by atoms with van der Waals surface area (Å²) < 4.78 is 11.2. The minimum atomic E-state index is 0.197. The fourth-order valence-electron chi connectivity index (χ4n) is 1.85.